The van der Waals surface area contributed by atoms with Crippen molar-refractivity contribution in [3.05, 3.63) is 27.3 Å². The topological polar surface area (TPSA) is 71.3 Å². The van der Waals surface area contributed by atoms with E-state index in [4.69, 9.17) is 0 Å². The first-order chi connectivity index (χ1) is 10.1. The maximum Gasteiger partial charge on any atom is 0.293 e. The largest absolute Gasteiger partial charge is 0.378 e. The summed E-state index contributed by atoms with van der Waals surface area (Å²) >= 11 is 1.49. The molecule has 1 fully saturated rings. The SMILES string of the molecule is Cc1nc2cc(NCCN3CCCC3)c([N+](=O)[O-])cc2s1. The minimum absolute atomic E-state index is 0.132. The van der Waals surface area contributed by atoms with E-state index in [1.165, 1.54) is 24.2 Å². The van der Waals surface area contributed by atoms with Crippen molar-refractivity contribution in [3.63, 3.8) is 0 Å². The van der Waals surface area contributed by atoms with Gasteiger partial charge in [-0.25, -0.2) is 4.98 Å². The highest BCUT2D eigenvalue weighted by Gasteiger charge is 2.17. The van der Waals surface area contributed by atoms with Crippen LogP contribution in [-0.2, 0) is 0 Å². The average molecular weight is 306 g/mol. The van der Waals surface area contributed by atoms with E-state index in [-0.39, 0.29) is 10.6 Å². The van der Waals surface area contributed by atoms with Gasteiger partial charge in [0.05, 0.1) is 20.1 Å². The molecule has 2 heterocycles. The summed E-state index contributed by atoms with van der Waals surface area (Å²) in [6.07, 6.45) is 2.51. The molecule has 2 aromatic rings. The molecule has 6 nitrogen and oxygen atoms in total. The summed E-state index contributed by atoms with van der Waals surface area (Å²) in [6.45, 7) is 5.82. The second kappa shape index (κ2) is 5.95. The molecule has 7 heteroatoms. The zero-order chi connectivity index (χ0) is 14.8. The van der Waals surface area contributed by atoms with Crippen LogP contribution in [0, 0.1) is 17.0 Å². The smallest absolute Gasteiger partial charge is 0.293 e. The van der Waals surface area contributed by atoms with Gasteiger partial charge in [-0.2, -0.15) is 0 Å². The number of aryl methyl sites for hydroxylation is 1. The van der Waals surface area contributed by atoms with Crippen molar-refractivity contribution < 1.29 is 4.92 Å². The summed E-state index contributed by atoms with van der Waals surface area (Å²) in [7, 11) is 0. The van der Waals surface area contributed by atoms with E-state index in [9.17, 15) is 10.1 Å². The first kappa shape index (κ1) is 14.2. The number of thiazole rings is 1. The predicted molar refractivity (Wildman–Crippen MR) is 85.2 cm³/mol. The summed E-state index contributed by atoms with van der Waals surface area (Å²) in [4.78, 5) is 17.7. The Kier molecular flexibility index (Phi) is 4.03. The zero-order valence-corrected chi connectivity index (χ0v) is 12.8. The Morgan fingerprint density at radius 1 is 1.43 bits per heavy atom. The second-order valence-corrected chi connectivity index (χ2v) is 6.54. The van der Waals surface area contributed by atoms with Crippen LogP contribution in [0.3, 0.4) is 0 Å². The lowest BCUT2D eigenvalue weighted by Crippen LogP contribution is -2.26. The Morgan fingerprint density at radius 2 is 2.19 bits per heavy atom. The lowest BCUT2D eigenvalue weighted by molar-refractivity contribution is -0.383. The third-order valence-corrected chi connectivity index (χ3v) is 4.69. The molecule has 0 radical (unpaired) electrons. The van der Waals surface area contributed by atoms with Crippen LogP contribution in [0.1, 0.15) is 17.8 Å². The molecule has 1 aromatic carbocycles. The summed E-state index contributed by atoms with van der Waals surface area (Å²) in [5.41, 5.74) is 1.52. The van der Waals surface area contributed by atoms with E-state index in [0.29, 0.717) is 5.69 Å². The van der Waals surface area contributed by atoms with Gasteiger partial charge >= 0.3 is 0 Å². The molecule has 1 N–H and O–H groups in total. The van der Waals surface area contributed by atoms with Gasteiger partial charge < -0.3 is 10.2 Å². The lowest BCUT2D eigenvalue weighted by atomic mass is 10.2. The van der Waals surface area contributed by atoms with Gasteiger partial charge in [-0.1, -0.05) is 0 Å². The van der Waals surface area contributed by atoms with E-state index >= 15 is 0 Å². The number of nitro benzene ring substituents is 1. The quantitative estimate of drug-likeness (QED) is 0.679. The summed E-state index contributed by atoms with van der Waals surface area (Å²) < 4.78 is 0.865. The number of benzene rings is 1. The van der Waals surface area contributed by atoms with Crippen molar-refractivity contribution in [2.45, 2.75) is 19.8 Å². The summed E-state index contributed by atoms with van der Waals surface area (Å²) in [5, 5.41) is 15.4. The Balaban J connectivity index is 1.78. The number of anilines is 1. The number of nitro groups is 1. The van der Waals surface area contributed by atoms with Crippen LogP contribution in [0.2, 0.25) is 0 Å². The van der Waals surface area contributed by atoms with Crippen LogP contribution in [0.15, 0.2) is 12.1 Å². The molecule has 3 rings (SSSR count). The average Bonchev–Trinajstić information content (AvgIpc) is 3.05. The van der Waals surface area contributed by atoms with Crippen LogP contribution in [0.5, 0.6) is 0 Å². The Bertz CT molecular complexity index is 664. The monoisotopic (exact) mass is 306 g/mol. The third-order valence-electron chi connectivity index (χ3n) is 3.75. The molecule has 21 heavy (non-hydrogen) atoms. The minimum Gasteiger partial charge on any atom is -0.378 e. The van der Waals surface area contributed by atoms with Crippen LogP contribution >= 0.6 is 11.3 Å². The third kappa shape index (κ3) is 3.14. The fourth-order valence-corrected chi connectivity index (χ4v) is 3.57. The van der Waals surface area contributed by atoms with Gasteiger partial charge in [0.2, 0.25) is 0 Å². The van der Waals surface area contributed by atoms with Gasteiger partial charge in [-0.15, -0.1) is 11.3 Å². The van der Waals surface area contributed by atoms with E-state index in [2.05, 4.69) is 15.2 Å². The van der Waals surface area contributed by atoms with Crippen LogP contribution in [0.4, 0.5) is 11.4 Å². The molecular weight excluding hydrogens is 288 g/mol. The predicted octanol–water partition coefficient (Wildman–Crippen LogP) is 3.02. The van der Waals surface area contributed by atoms with Crippen LogP contribution < -0.4 is 5.32 Å². The molecule has 1 aliphatic rings. The Morgan fingerprint density at radius 3 is 2.90 bits per heavy atom. The van der Waals surface area contributed by atoms with Gasteiger partial charge in [0.1, 0.15) is 5.69 Å². The summed E-state index contributed by atoms with van der Waals surface area (Å²) in [6, 6.07) is 3.42. The van der Waals surface area contributed by atoms with E-state index < -0.39 is 0 Å². The molecule has 1 saturated heterocycles. The van der Waals surface area contributed by atoms with Gasteiger partial charge in [-0.05, 0) is 38.9 Å². The maximum atomic E-state index is 11.2. The number of likely N-dealkylation sites (tertiary alicyclic amines) is 1. The lowest BCUT2D eigenvalue weighted by Gasteiger charge is -2.15. The van der Waals surface area contributed by atoms with Crippen molar-refractivity contribution in [1.29, 1.82) is 0 Å². The Labute approximate surface area is 126 Å². The number of aromatic nitrogens is 1. The van der Waals surface area contributed by atoms with Gasteiger partial charge in [-0.3, -0.25) is 10.1 Å². The first-order valence-corrected chi connectivity index (χ1v) is 7.97. The molecule has 1 aliphatic heterocycles. The number of hydrogen-bond donors (Lipinski definition) is 1. The highest BCUT2D eigenvalue weighted by atomic mass is 32.1. The molecule has 0 bridgehead atoms. The van der Waals surface area contributed by atoms with E-state index in [1.807, 2.05) is 6.92 Å². The van der Waals surface area contributed by atoms with Crippen LogP contribution in [-0.4, -0.2) is 41.0 Å². The van der Waals surface area contributed by atoms with Crippen molar-refractivity contribution in [2.75, 3.05) is 31.5 Å². The summed E-state index contributed by atoms with van der Waals surface area (Å²) in [5.74, 6) is 0. The van der Waals surface area contributed by atoms with E-state index in [0.717, 1.165) is 41.4 Å². The molecule has 0 unspecified atom stereocenters. The first-order valence-electron chi connectivity index (χ1n) is 7.15. The van der Waals surface area contributed by atoms with Crippen molar-refractivity contribution in [1.82, 2.24) is 9.88 Å². The number of nitrogens with one attached hydrogen (secondary N) is 1. The van der Waals surface area contributed by atoms with Crippen LogP contribution in [0.25, 0.3) is 10.2 Å². The fourth-order valence-electron chi connectivity index (χ4n) is 2.73. The van der Waals surface area contributed by atoms with Gasteiger partial charge in [0, 0.05) is 19.2 Å². The normalized spacial score (nSPS) is 15.7. The number of rotatable bonds is 5. The zero-order valence-electron chi connectivity index (χ0n) is 12.0. The maximum absolute atomic E-state index is 11.2. The number of hydrogen-bond acceptors (Lipinski definition) is 6. The molecule has 0 aliphatic carbocycles. The van der Waals surface area contributed by atoms with Crippen molar-refractivity contribution >= 4 is 32.9 Å². The van der Waals surface area contributed by atoms with Gasteiger partial charge in [0.15, 0.2) is 0 Å². The molecule has 112 valence electrons. The number of fused-ring (bicyclic) bond motifs is 1. The van der Waals surface area contributed by atoms with Gasteiger partial charge in [0.25, 0.3) is 5.69 Å². The molecule has 0 amide bonds. The highest BCUT2D eigenvalue weighted by molar-refractivity contribution is 7.18. The van der Waals surface area contributed by atoms with Crippen molar-refractivity contribution in [3.8, 4) is 0 Å². The molecular formula is C14H18N4O2S. The minimum atomic E-state index is -0.327. The van der Waals surface area contributed by atoms with E-state index in [1.54, 1.807) is 12.1 Å². The second-order valence-electron chi connectivity index (χ2n) is 5.30. The molecule has 0 atom stereocenters. The Hall–Kier alpha value is -1.73. The molecule has 1 aromatic heterocycles. The highest BCUT2D eigenvalue weighted by Crippen LogP contribution is 2.32. The molecule has 0 saturated carbocycles. The number of nitrogens with zero attached hydrogens (tertiary/aromatic N) is 3. The van der Waals surface area contributed by atoms with Crippen molar-refractivity contribution in [2.24, 2.45) is 0 Å². The standard InChI is InChI=1S/C14H18N4O2S/c1-10-16-12-8-11(13(18(19)20)9-14(12)21-10)15-4-7-17-5-2-3-6-17/h8-9,15H,2-7H2,1H3. The molecule has 0 spiro atoms. The fraction of sp³-hybridized carbons (Fsp3) is 0.500.